The van der Waals surface area contributed by atoms with Gasteiger partial charge in [0.1, 0.15) is 7.28 Å². The minimum absolute atomic E-state index is 0. The molecule has 5 heteroatoms. The Labute approximate surface area is 95.1 Å². The van der Waals surface area contributed by atoms with E-state index >= 15 is 0 Å². The van der Waals surface area contributed by atoms with Gasteiger partial charge in [0.05, 0.1) is 6.41 Å². The van der Waals surface area contributed by atoms with E-state index in [-0.39, 0.29) is 28.5 Å². The van der Waals surface area contributed by atoms with Gasteiger partial charge in [-0.1, -0.05) is 13.2 Å². The summed E-state index contributed by atoms with van der Waals surface area (Å²) in [5.41, 5.74) is 0. The Morgan fingerprint density at radius 1 is 1.46 bits per heavy atom. The Balaban J connectivity index is -0.000000500. The minimum Gasteiger partial charge on any atom is -0.490 e. The van der Waals surface area contributed by atoms with Crippen molar-refractivity contribution in [1.29, 1.82) is 0 Å². The third-order valence-electron chi connectivity index (χ3n) is 1.05. The van der Waals surface area contributed by atoms with Gasteiger partial charge in [0.2, 0.25) is 0 Å². The first-order chi connectivity index (χ1) is 5.35. The van der Waals surface area contributed by atoms with Gasteiger partial charge < -0.3 is 21.9 Å². The van der Waals surface area contributed by atoms with Crippen LogP contribution < -0.4 is 0 Å². The average Bonchev–Trinajstić information content (AvgIpc) is 2.05. The van der Waals surface area contributed by atoms with Gasteiger partial charge in [-0.3, -0.25) is 0 Å². The number of allylic oxidation sites excluding steroid dienone is 1. The number of amides is 1. The zero-order valence-electron chi connectivity index (χ0n) is 7.82. The summed E-state index contributed by atoms with van der Waals surface area (Å²) in [5, 5.41) is 0. The largest absolute Gasteiger partial charge is 0.490 e. The van der Waals surface area contributed by atoms with E-state index < -0.39 is 0 Å². The summed E-state index contributed by atoms with van der Waals surface area (Å²) < 4.78 is 0. The second kappa shape index (κ2) is 14.2. The molecule has 0 atom stereocenters. The monoisotopic (exact) mass is 349 g/mol. The summed E-state index contributed by atoms with van der Waals surface area (Å²) in [6, 6.07) is 0. The van der Waals surface area contributed by atoms with Crippen LogP contribution >= 0.6 is 0 Å². The predicted molar refractivity (Wildman–Crippen MR) is 49.9 cm³/mol. The molecule has 0 aliphatic heterocycles. The molecule has 0 rings (SSSR count). The first-order valence-corrected chi connectivity index (χ1v) is 3.35. The Kier molecular flexibility index (Phi) is 20.1. The van der Waals surface area contributed by atoms with E-state index in [0.717, 1.165) is 12.4 Å². The van der Waals surface area contributed by atoms with Crippen molar-refractivity contribution in [3.8, 4) is 0 Å². The zero-order chi connectivity index (χ0) is 8.53. The van der Waals surface area contributed by atoms with Gasteiger partial charge in [-0.05, 0) is 12.7 Å². The molecule has 1 amide bonds. The van der Waals surface area contributed by atoms with Gasteiger partial charge in [-0.25, -0.2) is 0 Å². The third kappa shape index (κ3) is 11.6. The molecule has 0 N–H and O–H groups in total. The summed E-state index contributed by atoms with van der Waals surface area (Å²) in [4.78, 5) is 21.1. The Hall–Kier alpha value is -0.367. The van der Waals surface area contributed by atoms with Crippen molar-refractivity contribution in [3.05, 3.63) is 19.7 Å². The van der Waals surface area contributed by atoms with E-state index in [9.17, 15) is 9.59 Å². The van der Waals surface area contributed by atoms with Gasteiger partial charge in [0.15, 0.2) is 0 Å². The maximum atomic E-state index is 10.1. The minimum atomic E-state index is 0. The molecule has 0 unspecified atom stereocenters. The van der Waals surface area contributed by atoms with Crippen LogP contribution in [0.1, 0.15) is 6.92 Å². The molecule has 0 bridgehead atoms. The molecule has 0 aliphatic rings. The van der Waals surface area contributed by atoms with Crippen LogP contribution in [-0.4, -0.2) is 31.3 Å². The molecule has 0 saturated heterocycles. The van der Waals surface area contributed by atoms with Crippen molar-refractivity contribution in [2.75, 3.05) is 6.44 Å². The molecule has 1 radical (unpaired) electrons. The molecule has 0 aliphatic carbocycles. The SMILES string of the molecule is CC[B]CN([C-]=O)/C=C\[C-]=O.[CH3-].[W]. The van der Waals surface area contributed by atoms with Crippen molar-refractivity contribution in [2.24, 2.45) is 0 Å². The number of hydrogen-bond donors (Lipinski definition) is 0. The van der Waals surface area contributed by atoms with Gasteiger partial charge >= 0.3 is 0 Å². The fraction of sp³-hybridized carbons (Fsp3) is 0.375. The first kappa shape index (κ1) is 18.4. The molecule has 0 spiro atoms. The number of rotatable bonds is 6. The second-order valence-electron chi connectivity index (χ2n) is 1.87. The molecular weight excluding hydrogens is 337 g/mol. The second-order valence-corrected chi connectivity index (χ2v) is 1.87. The van der Waals surface area contributed by atoms with Crippen LogP contribution in [0.2, 0.25) is 6.32 Å². The van der Waals surface area contributed by atoms with E-state index in [2.05, 4.69) is 0 Å². The van der Waals surface area contributed by atoms with Crippen LogP contribution in [-0.2, 0) is 30.7 Å². The molecule has 73 valence electrons. The van der Waals surface area contributed by atoms with Crippen LogP contribution in [0.3, 0.4) is 0 Å². The summed E-state index contributed by atoms with van der Waals surface area (Å²) in [6.45, 7) is 1.97. The average molecular weight is 349 g/mol. The molecule has 0 aromatic carbocycles. The van der Waals surface area contributed by atoms with Crippen LogP contribution in [0.4, 0.5) is 0 Å². The number of hydrogen-bond acceptors (Lipinski definition) is 2. The van der Waals surface area contributed by atoms with Crippen molar-refractivity contribution < 1.29 is 30.7 Å². The zero-order valence-corrected chi connectivity index (χ0v) is 10.8. The maximum Gasteiger partial charge on any atom is 0.132 e. The summed E-state index contributed by atoms with van der Waals surface area (Å²) in [5.74, 6) is 0. The maximum absolute atomic E-state index is 10.1. The molecular formula is C8H12BNO2W-3. The Morgan fingerprint density at radius 2 is 2.08 bits per heavy atom. The molecule has 0 aromatic rings. The van der Waals surface area contributed by atoms with Gasteiger partial charge in [-0.2, -0.15) is 12.3 Å². The van der Waals surface area contributed by atoms with Crippen LogP contribution in [0.25, 0.3) is 0 Å². The normalized spacial score (nSPS) is 8.08. The van der Waals surface area contributed by atoms with Crippen molar-refractivity contribution in [1.82, 2.24) is 4.90 Å². The summed E-state index contributed by atoms with van der Waals surface area (Å²) in [7, 11) is 1.90. The summed E-state index contributed by atoms with van der Waals surface area (Å²) in [6.07, 6.45) is 7.04. The van der Waals surface area contributed by atoms with Crippen LogP contribution in [0.5, 0.6) is 0 Å². The van der Waals surface area contributed by atoms with Crippen molar-refractivity contribution >= 4 is 20.0 Å². The summed E-state index contributed by atoms with van der Waals surface area (Å²) >= 11 is 0. The topological polar surface area (TPSA) is 37.4 Å². The van der Waals surface area contributed by atoms with Gasteiger partial charge in [-0.15, -0.1) is 0 Å². The quantitative estimate of drug-likeness (QED) is 0.304. The van der Waals surface area contributed by atoms with Crippen LogP contribution in [0.15, 0.2) is 12.3 Å². The predicted octanol–water partition coefficient (Wildman–Crippen LogP) is 0.527. The molecule has 0 heterocycles. The number of nitrogens with zero attached hydrogens (tertiary/aromatic N) is 1. The van der Waals surface area contributed by atoms with E-state index in [4.69, 9.17) is 0 Å². The molecule has 0 fully saturated rings. The molecule has 13 heavy (non-hydrogen) atoms. The fourth-order valence-electron chi connectivity index (χ4n) is 0.517. The molecule has 0 saturated carbocycles. The molecule has 0 aromatic heterocycles. The molecule has 3 nitrogen and oxygen atoms in total. The van der Waals surface area contributed by atoms with Gasteiger partial charge in [0, 0.05) is 21.1 Å². The third-order valence-corrected chi connectivity index (χ3v) is 1.05. The van der Waals surface area contributed by atoms with E-state index in [1.54, 1.807) is 12.7 Å². The van der Waals surface area contributed by atoms with E-state index in [0.29, 0.717) is 6.44 Å². The first-order valence-electron chi connectivity index (χ1n) is 3.35. The van der Waals surface area contributed by atoms with E-state index in [1.807, 2.05) is 14.2 Å². The van der Waals surface area contributed by atoms with Crippen molar-refractivity contribution in [2.45, 2.75) is 13.2 Å². The van der Waals surface area contributed by atoms with Crippen LogP contribution in [0, 0.1) is 7.43 Å². The Morgan fingerprint density at radius 3 is 2.46 bits per heavy atom. The Bertz CT molecular complexity index is 153. The van der Waals surface area contributed by atoms with Crippen molar-refractivity contribution in [3.63, 3.8) is 0 Å². The number of carbonyl (C=O) groups excluding carboxylic acids is 2. The van der Waals surface area contributed by atoms with E-state index in [1.165, 1.54) is 11.1 Å². The van der Waals surface area contributed by atoms with Gasteiger partial charge in [0.25, 0.3) is 0 Å². The standard InChI is InChI=1S/C7H9BNO2.CH3.W/c1-2-8-6-9(7-11)4-3-5-10;;/h3-4H,2,6H2,1H3;1H3;/q-2;-1;/b4-3-;;. The smallest absolute Gasteiger partial charge is 0.132 e. The fourth-order valence-corrected chi connectivity index (χ4v) is 0.517.